The molecule has 0 fully saturated rings. The highest BCUT2D eigenvalue weighted by molar-refractivity contribution is 6.17. The molecule has 0 nitrogen and oxygen atoms in total. The molecule has 0 saturated carbocycles. The maximum atomic E-state index is 4.17. The molecule has 0 atom stereocenters. The van der Waals surface area contributed by atoms with Crippen molar-refractivity contribution in [2.75, 3.05) is 0 Å². The first-order valence-corrected chi connectivity index (χ1v) is 6.85. The highest BCUT2D eigenvalue weighted by Crippen LogP contribution is 2.49. The van der Waals surface area contributed by atoms with E-state index in [1.165, 1.54) is 33.4 Å². The van der Waals surface area contributed by atoms with E-state index in [0.717, 1.165) is 11.1 Å². The molecule has 0 bridgehead atoms. The molecule has 0 aromatic heterocycles. The van der Waals surface area contributed by atoms with Crippen LogP contribution in [0.1, 0.15) is 22.3 Å². The second kappa shape index (κ2) is 4.64. The van der Waals surface area contributed by atoms with E-state index >= 15 is 0 Å². The van der Waals surface area contributed by atoms with Gasteiger partial charge in [-0.15, -0.1) is 0 Å². The van der Waals surface area contributed by atoms with Crippen molar-refractivity contribution in [2.24, 2.45) is 0 Å². The fourth-order valence-electron chi connectivity index (χ4n) is 2.78. The molecule has 0 saturated heterocycles. The van der Waals surface area contributed by atoms with E-state index in [2.05, 4.69) is 75.5 Å². The molecule has 0 radical (unpaired) electrons. The molecule has 0 aliphatic heterocycles. The van der Waals surface area contributed by atoms with E-state index in [0.29, 0.717) is 0 Å². The quantitative estimate of drug-likeness (QED) is 0.682. The van der Waals surface area contributed by atoms with Gasteiger partial charge in [0.05, 0.1) is 0 Å². The fourth-order valence-corrected chi connectivity index (χ4v) is 2.78. The van der Waals surface area contributed by atoms with Gasteiger partial charge >= 0.3 is 0 Å². The minimum Gasteiger partial charge on any atom is -0.0905 e. The highest BCUT2D eigenvalue weighted by atomic mass is 14.3. The van der Waals surface area contributed by atoms with Gasteiger partial charge in [0.25, 0.3) is 0 Å². The molecule has 0 heterocycles. The molecule has 1 aliphatic rings. The summed E-state index contributed by atoms with van der Waals surface area (Å²) in [6, 6.07) is 17.1. The van der Waals surface area contributed by atoms with Crippen LogP contribution in [-0.2, 0) is 0 Å². The molecule has 0 heteroatoms. The molecule has 3 rings (SSSR count). The van der Waals surface area contributed by atoms with E-state index in [4.69, 9.17) is 0 Å². The summed E-state index contributed by atoms with van der Waals surface area (Å²) in [5.41, 5.74) is 9.61. The van der Waals surface area contributed by atoms with Crippen molar-refractivity contribution in [1.29, 1.82) is 0 Å². The molecule has 0 N–H and O–H groups in total. The third-order valence-corrected chi connectivity index (χ3v) is 3.83. The van der Waals surface area contributed by atoms with Gasteiger partial charge in [-0.1, -0.05) is 72.8 Å². The van der Waals surface area contributed by atoms with E-state index in [9.17, 15) is 0 Å². The van der Waals surface area contributed by atoms with Gasteiger partial charge in [-0.25, -0.2) is 0 Å². The monoisotopic (exact) mass is 258 g/mol. The topological polar surface area (TPSA) is 0 Å². The van der Waals surface area contributed by atoms with Crippen LogP contribution in [0.15, 0.2) is 72.8 Å². The minimum absolute atomic E-state index is 1.06. The summed E-state index contributed by atoms with van der Waals surface area (Å²) in [6.07, 6.45) is 0. The zero-order valence-corrected chi connectivity index (χ0v) is 12.0. The van der Waals surface area contributed by atoms with Crippen LogP contribution in [-0.4, -0.2) is 0 Å². The van der Waals surface area contributed by atoms with Crippen molar-refractivity contribution < 1.29 is 0 Å². The lowest BCUT2D eigenvalue weighted by Crippen LogP contribution is -2.09. The summed E-state index contributed by atoms with van der Waals surface area (Å²) in [4.78, 5) is 0. The molecule has 2 aromatic carbocycles. The van der Waals surface area contributed by atoms with E-state index in [-0.39, 0.29) is 0 Å². The SMILES string of the molecule is C=C1C(=C)C(c2cccc(C)c2)=C1c1cccc(C)c1. The Kier molecular flexibility index (Phi) is 2.94. The largest absolute Gasteiger partial charge is 0.0905 e. The van der Waals surface area contributed by atoms with Crippen LogP contribution in [0, 0.1) is 13.8 Å². The first-order valence-electron chi connectivity index (χ1n) is 6.85. The molecule has 2 aromatic rings. The van der Waals surface area contributed by atoms with Crippen molar-refractivity contribution in [3.8, 4) is 0 Å². The van der Waals surface area contributed by atoms with Crippen molar-refractivity contribution >= 4 is 11.1 Å². The summed E-state index contributed by atoms with van der Waals surface area (Å²) < 4.78 is 0. The zero-order valence-electron chi connectivity index (χ0n) is 12.0. The molecule has 20 heavy (non-hydrogen) atoms. The molecule has 0 amide bonds. The van der Waals surface area contributed by atoms with Crippen molar-refractivity contribution in [1.82, 2.24) is 0 Å². The third-order valence-electron chi connectivity index (χ3n) is 3.83. The number of allylic oxidation sites excluding steroid dienone is 4. The maximum Gasteiger partial charge on any atom is -0.00266 e. The van der Waals surface area contributed by atoms with Gasteiger partial charge in [0.1, 0.15) is 0 Å². The summed E-state index contributed by atoms with van der Waals surface area (Å²) in [5.74, 6) is 0. The van der Waals surface area contributed by atoms with Gasteiger partial charge in [0.2, 0.25) is 0 Å². The standard InChI is InChI=1S/C20H18/c1-13-7-5-9-17(11-13)19-15(3)16(4)20(19)18-10-6-8-14(2)12-18/h5-12H,3-4H2,1-2H3. The Morgan fingerprint density at radius 1 is 0.650 bits per heavy atom. The summed E-state index contributed by atoms with van der Waals surface area (Å²) in [6.45, 7) is 12.6. The number of rotatable bonds is 2. The van der Waals surface area contributed by atoms with Crippen LogP contribution < -0.4 is 0 Å². The maximum absolute atomic E-state index is 4.17. The Morgan fingerprint density at radius 2 is 1.05 bits per heavy atom. The third kappa shape index (κ3) is 1.94. The van der Waals surface area contributed by atoms with Gasteiger partial charge in [-0.2, -0.15) is 0 Å². The first-order chi connectivity index (χ1) is 9.58. The molecule has 0 unspecified atom stereocenters. The minimum atomic E-state index is 1.06. The Balaban J connectivity index is 2.20. The molecule has 1 aliphatic carbocycles. The predicted octanol–water partition coefficient (Wildman–Crippen LogP) is 5.34. The second-order valence-electron chi connectivity index (χ2n) is 5.45. The van der Waals surface area contributed by atoms with E-state index < -0.39 is 0 Å². The van der Waals surface area contributed by atoms with Gasteiger partial charge in [-0.05, 0) is 47.3 Å². The number of hydrogen-bond acceptors (Lipinski definition) is 0. The molecular weight excluding hydrogens is 240 g/mol. The Hall–Kier alpha value is -2.34. The zero-order chi connectivity index (χ0) is 14.3. The molecule has 0 spiro atoms. The van der Waals surface area contributed by atoms with Gasteiger partial charge in [-0.3, -0.25) is 0 Å². The lowest BCUT2D eigenvalue weighted by atomic mass is 9.73. The number of benzene rings is 2. The second-order valence-corrected chi connectivity index (χ2v) is 5.45. The van der Waals surface area contributed by atoms with Crippen molar-refractivity contribution in [2.45, 2.75) is 13.8 Å². The average molecular weight is 258 g/mol. The Bertz CT molecular complexity index is 692. The smallest absolute Gasteiger partial charge is 0.00266 e. The number of aryl methyl sites for hydroxylation is 2. The summed E-state index contributed by atoms with van der Waals surface area (Å²) >= 11 is 0. The lowest BCUT2D eigenvalue weighted by Gasteiger charge is -2.30. The highest BCUT2D eigenvalue weighted by Gasteiger charge is 2.28. The van der Waals surface area contributed by atoms with Crippen LogP contribution in [0.25, 0.3) is 11.1 Å². The van der Waals surface area contributed by atoms with Crippen LogP contribution in [0.2, 0.25) is 0 Å². The van der Waals surface area contributed by atoms with E-state index in [1.807, 2.05) is 0 Å². The molecule has 98 valence electrons. The van der Waals surface area contributed by atoms with Crippen LogP contribution in [0.3, 0.4) is 0 Å². The Morgan fingerprint density at radius 3 is 1.40 bits per heavy atom. The lowest BCUT2D eigenvalue weighted by molar-refractivity contribution is 1.39. The van der Waals surface area contributed by atoms with Crippen LogP contribution in [0.5, 0.6) is 0 Å². The first kappa shape index (κ1) is 12.7. The summed E-state index contributed by atoms with van der Waals surface area (Å²) in [7, 11) is 0. The van der Waals surface area contributed by atoms with Crippen LogP contribution in [0.4, 0.5) is 0 Å². The van der Waals surface area contributed by atoms with Gasteiger partial charge in [0, 0.05) is 0 Å². The predicted molar refractivity (Wildman–Crippen MR) is 87.5 cm³/mol. The van der Waals surface area contributed by atoms with Crippen molar-refractivity contribution in [3.63, 3.8) is 0 Å². The van der Waals surface area contributed by atoms with Crippen LogP contribution >= 0.6 is 0 Å². The normalized spacial score (nSPS) is 14.5. The fraction of sp³-hybridized carbons (Fsp3) is 0.100. The average Bonchev–Trinajstić information content (AvgIpc) is 2.43. The van der Waals surface area contributed by atoms with Gasteiger partial charge < -0.3 is 0 Å². The van der Waals surface area contributed by atoms with E-state index in [1.54, 1.807) is 0 Å². The Labute approximate surface area is 120 Å². The summed E-state index contributed by atoms with van der Waals surface area (Å²) in [5, 5.41) is 0. The molecular formula is C20H18. The number of hydrogen-bond donors (Lipinski definition) is 0. The van der Waals surface area contributed by atoms with Gasteiger partial charge in [0.15, 0.2) is 0 Å². The van der Waals surface area contributed by atoms with Crippen molar-refractivity contribution in [3.05, 3.63) is 95.1 Å².